The maximum absolute atomic E-state index is 14.6. The highest BCUT2D eigenvalue weighted by Gasteiger charge is 2.53. The fourth-order valence-corrected chi connectivity index (χ4v) is 8.14. The molecule has 2 aliphatic heterocycles. The molecule has 1 saturated heterocycles. The van der Waals surface area contributed by atoms with E-state index in [1.54, 1.807) is 15.5 Å². The van der Waals surface area contributed by atoms with Crippen molar-refractivity contribution in [3.8, 4) is 5.75 Å². The average Bonchev–Trinajstić information content (AvgIpc) is 3.77. The number of benzene rings is 1. The number of hydrogen-bond donors (Lipinski definition) is 2. The maximum Gasteiger partial charge on any atom is 0.416 e. The van der Waals surface area contributed by atoms with E-state index < -0.39 is 29.0 Å². The summed E-state index contributed by atoms with van der Waals surface area (Å²) in [6.45, 7) is 1.20. The van der Waals surface area contributed by atoms with Gasteiger partial charge in [0.05, 0.1) is 29.5 Å². The Kier molecular flexibility index (Phi) is 8.17. The van der Waals surface area contributed by atoms with Crippen molar-refractivity contribution in [2.24, 2.45) is 5.92 Å². The lowest BCUT2D eigenvalue weighted by Crippen LogP contribution is -2.46. The number of aromatic hydroxyl groups is 1. The Hall–Kier alpha value is -4.76. The van der Waals surface area contributed by atoms with Crippen LogP contribution in [0.2, 0.25) is 5.02 Å². The molecule has 1 saturated carbocycles. The Balaban J connectivity index is 1.20. The minimum absolute atomic E-state index is 0.0177. The van der Waals surface area contributed by atoms with Crippen molar-refractivity contribution >= 4 is 40.5 Å². The van der Waals surface area contributed by atoms with E-state index in [-0.39, 0.29) is 51.9 Å². The van der Waals surface area contributed by atoms with Gasteiger partial charge in [-0.15, -0.1) is 5.10 Å². The quantitative estimate of drug-likeness (QED) is 0.277. The van der Waals surface area contributed by atoms with Crippen LogP contribution in [-0.2, 0) is 27.7 Å². The van der Waals surface area contributed by atoms with Crippen molar-refractivity contribution in [2.75, 3.05) is 31.6 Å². The van der Waals surface area contributed by atoms with Gasteiger partial charge in [0.25, 0.3) is 11.5 Å². The number of ether oxygens (including phenoxy) is 1. The molecule has 266 valence electrons. The first-order chi connectivity index (χ1) is 24.4. The fourth-order valence-electron chi connectivity index (χ4n) is 7.92. The van der Waals surface area contributed by atoms with E-state index in [1.807, 2.05) is 6.08 Å². The molecular weight excluding hydrogens is 691 g/mol. The number of aromatic nitrogens is 5. The molecule has 2 amide bonds. The Bertz CT molecular complexity index is 2170. The summed E-state index contributed by atoms with van der Waals surface area (Å²) in [7, 11) is 0. The minimum Gasteiger partial charge on any atom is -0.505 e. The topological polar surface area (TPSA) is 144 Å². The van der Waals surface area contributed by atoms with Gasteiger partial charge >= 0.3 is 6.18 Å². The molecular formula is C35H33ClF3N7O5. The molecule has 3 aromatic heterocycles. The van der Waals surface area contributed by atoms with Gasteiger partial charge in [0, 0.05) is 41.9 Å². The average molecular weight is 724 g/mol. The van der Waals surface area contributed by atoms with E-state index in [2.05, 4.69) is 15.4 Å². The van der Waals surface area contributed by atoms with E-state index >= 15 is 0 Å². The van der Waals surface area contributed by atoms with Gasteiger partial charge in [-0.1, -0.05) is 17.7 Å². The van der Waals surface area contributed by atoms with Crippen LogP contribution in [0.5, 0.6) is 5.75 Å². The molecule has 1 unspecified atom stereocenters. The minimum atomic E-state index is -4.60. The predicted molar refractivity (Wildman–Crippen MR) is 179 cm³/mol. The van der Waals surface area contributed by atoms with Gasteiger partial charge in [-0.05, 0) is 80.3 Å². The number of fused-ring (bicyclic) bond motifs is 3. The molecule has 0 bridgehead atoms. The molecule has 5 heterocycles. The van der Waals surface area contributed by atoms with E-state index in [9.17, 15) is 32.7 Å². The molecule has 1 spiro atoms. The summed E-state index contributed by atoms with van der Waals surface area (Å²) in [4.78, 5) is 52.2. The molecule has 12 nitrogen and oxygen atoms in total. The van der Waals surface area contributed by atoms with Crippen molar-refractivity contribution in [2.45, 2.75) is 62.6 Å². The van der Waals surface area contributed by atoms with Crippen LogP contribution in [0.3, 0.4) is 0 Å². The molecule has 16 heteroatoms. The van der Waals surface area contributed by atoms with Gasteiger partial charge < -0.3 is 24.6 Å². The van der Waals surface area contributed by atoms with Crippen LogP contribution in [0.4, 0.5) is 18.9 Å². The second kappa shape index (κ2) is 12.5. The van der Waals surface area contributed by atoms with Gasteiger partial charge in [-0.2, -0.15) is 22.7 Å². The third kappa shape index (κ3) is 5.95. The number of rotatable bonds is 6. The smallest absolute Gasteiger partial charge is 0.416 e. The summed E-state index contributed by atoms with van der Waals surface area (Å²) in [5.74, 6) is -0.394. The van der Waals surface area contributed by atoms with Crippen molar-refractivity contribution in [3.63, 3.8) is 0 Å². The Morgan fingerprint density at radius 1 is 1.16 bits per heavy atom. The number of alkyl halides is 3. The van der Waals surface area contributed by atoms with Crippen LogP contribution < -0.4 is 10.9 Å². The molecule has 8 rings (SSSR count). The fraction of sp³-hybridized carbons (Fsp3) is 0.429. The van der Waals surface area contributed by atoms with Crippen LogP contribution in [0, 0.1) is 5.92 Å². The normalized spacial score (nSPS) is 20.0. The van der Waals surface area contributed by atoms with E-state index in [0.29, 0.717) is 69.1 Å². The standard InChI is InChI=1S/C35H33ClF3N7O5/c36-23-16-21(35(37,38)39)5-6-24(23)41-26(48)18-45-29-22(19-3-4-19)17-34(9-12-44(13-10-34)32(50)28-25(47)2-1-11-40-28)27(29)31(49)46-33(45)42-30(43-46)20-7-14-51-15-8-20/h1-2,5-7,11,16,19,22,47H,3-4,8-10,12-15,17-18H2,(H,41,48). The number of pyridine rings is 1. The maximum atomic E-state index is 14.6. The van der Waals surface area contributed by atoms with Gasteiger partial charge in [0.1, 0.15) is 12.3 Å². The number of carbonyl (C=O) groups excluding carboxylic acids is 2. The summed E-state index contributed by atoms with van der Waals surface area (Å²) >= 11 is 6.18. The van der Waals surface area contributed by atoms with Gasteiger partial charge in [-0.25, -0.2) is 4.98 Å². The zero-order chi connectivity index (χ0) is 35.7. The molecule has 0 radical (unpaired) electrons. The van der Waals surface area contributed by atoms with Gasteiger partial charge in [0.15, 0.2) is 11.5 Å². The van der Waals surface area contributed by atoms with E-state index in [0.717, 1.165) is 36.6 Å². The molecule has 2 aliphatic carbocycles. The number of nitrogens with zero attached hydrogens (tertiary/aromatic N) is 6. The highest BCUT2D eigenvalue weighted by Crippen LogP contribution is 2.58. The lowest BCUT2D eigenvalue weighted by Gasteiger charge is -2.39. The van der Waals surface area contributed by atoms with Crippen LogP contribution >= 0.6 is 11.6 Å². The number of halogens is 4. The van der Waals surface area contributed by atoms with Crippen molar-refractivity contribution in [3.05, 3.63) is 86.3 Å². The third-order valence-corrected chi connectivity index (χ3v) is 10.9. The SMILES string of the molecule is O=C(Cn1c2c(c(=O)n3nc(C4=CCOCC4)nc13)C1(CCN(C(=O)c3ncccc3O)CC1)CC2C1CC1)Nc1ccc(C(F)(F)F)cc1Cl. The summed E-state index contributed by atoms with van der Waals surface area (Å²) in [6.07, 6.45) is 2.77. The Morgan fingerprint density at radius 3 is 2.61 bits per heavy atom. The highest BCUT2D eigenvalue weighted by molar-refractivity contribution is 6.33. The first kappa shape index (κ1) is 33.4. The Morgan fingerprint density at radius 2 is 1.94 bits per heavy atom. The van der Waals surface area contributed by atoms with Crippen molar-refractivity contribution in [1.29, 1.82) is 0 Å². The lowest BCUT2D eigenvalue weighted by atomic mass is 9.73. The molecule has 1 atom stereocenters. The molecule has 51 heavy (non-hydrogen) atoms. The van der Waals surface area contributed by atoms with E-state index in [1.165, 1.54) is 16.8 Å². The molecule has 2 N–H and O–H groups in total. The van der Waals surface area contributed by atoms with Crippen molar-refractivity contribution < 1.29 is 32.6 Å². The summed E-state index contributed by atoms with van der Waals surface area (Å²) in [5.41, 5.74) is 0.194. The number of amides is 2. The highest BCUT2D eigenvalue weighted by atomic mass is 35.5. The largest absolute Gasteiger partial charge is 0.505 e. The zero-order valence-electron chi connectivity index (χ0n) is 27.2. The molecule has 4 aromatic rings. The lowest BCUT2D eigenvalue weighted by molar-refractivity contribution is -0.137. The monoisotopic (exact) mass is 723 g/mol. The molecule has 2 fully saturated rings. The number of anilines is 1. The second-order valence-corrected chi connectivity index (χ2v) is 14.1. The zero-order valence-corrected chi connectivity index (χ0v) is 28.0. The van der Waals surface area contributed by atoms with Crippen LogP contribution in [-0.4, -0.2) is 72.3 Å². The summed E-state index contributed by atoms with van der Waals surface area (Å²) in [5, 5.41) is 17.3. The van der Waals surface area contributed by atoms with Crippen molar-refractivity contribution in [1.82, 2.24) is 29.0 Å². The third-order valence-electron chi connectivity index (χ3n) is 10.6. The molecule has 4 aliphatic rings. The number of hydrogen-bond acceptors (Lipinski definition) is 8. The van der Waals surface area contributed by atoms with Gasteiger partial charge in [0.2, 0.25) is 11.7 Å². The summed E-state index contributed by atoms with van der Waals surface area (Å²) < 4.78 is 48.3. The Labute approximate surface area is 293 Å². The van der Waals surface area contributed by atoms with Gasteiger partial charge in [-0.3, -0.25) is 14.4 Å². The van der Waals surface area contributed by atoms with E-state index in [4.69, 9.17) is 21.3 Å². The van der Waals surface area contributed by atoms with Crippen LogP contribution in [0.15, 0.2) is 47.4 Å². The number of piperidine rings is 1. The number of likely N-dealkylation sites (tertiary alicyclic amines) is 1. The molecule has 1 aromatic carbocycles. The summed E-state index contributed by atoms with van der Waals surface area (Å²) in [6, 6.07) is 5.68. The number of nitrogens with one attached hydrogen (secondary N) is 1. The van der Waals surface area contributed by atoms with Crippen LogP contribution in [0.25, 0.3) is 11.4 Å². The second-order valence-electron chi connectivity index (χ2n) is 13.7. The number of carbonyl (C=O) groups is 2. The first-order valence-corrected chi connectivity index (χ1v) is 17.2. The predicted octanol–water partition coefficient (Wildman–Crippen LogP) is 5.18. The van der Waals surface area contributed by atoms with Crippen LogP contribution in [0.1, 0.15) is 77.6 Å². The first-order valence-electron chi connectivity index (χ1n) is 16.8.